The molecular weight excluding hydrogens is 365 g/mol. The van der Waals surface area contributed by atoms with E-state index in [2.05, 4.69) is 10.4 Å². The molecule has 1 saturated heterocycles. The van der Waals surface area contributed by atoms with Crippen molar-refractivity contribution in [2.45, 2.75) is 13.1 Å². The highest BCUT2D eigenvalue weighted by Gasteiger charge is 2.53. The molecule has 0 bridgehead atoms. The van der Waals surface area contributed by atoms with Crippen molar-refractivity contribution in [3.8, 4) is 5.69 Å². The summed E-state index contributed by atoms with van der Waals surface area (Å²) in [6, 6.07) is 7.69. The molecule has 2 heterocycles. The number of aliphatic carboxylic acids is 1. The van der Waals surface area contributed by atoms with E-state index in [9.17, 15) is 22.8 Å². The molecule has 144 valence electrons. The SMILES string of the molecule is Cc1ccnn1-c1ccccc1NC(=O)N1C[C@@H](C(F)(F)F)[C@H](C(=O)O)C1. The monoisotopic (exact) mass is 382 g/mol. The van der Waals surface area contributed by atoms with Gasteiger partial charge in [0.25, 0.3) is 0 Å². The van der Waals surface area contributed by atoms with Crippen LogP contribution in [-0.2, 0) is 4.79 Å². The molecule has 7 nitrogen and oxygen atoms in total. The van der Waals surface area contributed by atoms with Gasteiger partial charge < -0.3 is 15.3 Å². The van der Waals surface area contributed by atoms with E-state index >= 15 is 0 Å². The Morgan fingerprint density at radius 3 is 2.48 bits per heavy atom. The number of hydrogen-bond acceptors (Lipinski definition) is 3. The van der Waals surface area contributed by atoms with E-state index in [4.69, 9.17) is 5.11 Å². The van der Waals surface area contributed by atoms with Gasteiger partial charge in [-0.25, -0.2) is 9.48 Å². The van der Waals surface area contributed by atoms with Gasteiger partial charge in [-0.05, 0) is 25.1 Å². The molecule has 2 atom stereocenters. The average Bonchev–Trinajstić information content (AvgIpc) is 3.21. The van der Waals surface area contributed by atoms with Crippen LogP contribution in [0.2, 0.25) is 0 Å². The molecule has 0 radical (unpaired) electrons. The lowest BCUT2D eigenvalue weighted by atomic mass is 9.96. The molecule has 1 aromatic heterocycles. The summed E-state index contributed by atoms with van der Waals surface area (Å²) < 4.78 is 40.9. The van der Waals surface area contributed by atoms with Gasteiger partial charge in [0, 0.05) is 25.0 Å². The quantitative estimate of drug-likeness (QED) is 0.855. The number of nitrogens with zero attached hydrogens (tertiary/aromatic N) is 3. The lowest BCUT2D eigenvalue weighted by Crippen LogP contribution is -2.35. The summed E-state index contributed by atoms with van der Waals surface area (Å²) in [7, 11) is 0. The maximum atomic E-state index is 13.1. The molecule has 1 aliphatic heterocycles. The molecule has 10 heteroatoms. The third-order valence-electron chi connectivity index (χ3n) is 4.55. The third kappa shape index (κ3) is 3.74. The van der Waals surface area contributed by atoms with Gasteiger partial charge in [0.05, 0.1) is 23.2 Å². The number of anilines is 1. The molecule has 3 rings (SSSR count). The molecule has 0 saturated carbocycles. The highest BCUT2D eigenvalue weighted by Crippen LogP contribution is 2.38. The Morgan fingerprint density at radius 2 is 1.93 bits per heavy atom. The molecule has 1 aromatic carbocycles. The Kier molecular flexibility index (Phi) is 4.81. The third-order valence-corrected chi connectivity index (χ3v) is 4.55. The molecule has 1 aliphatic rings. The number of carboxylic acid groups (broad SMARTS) is 1. The highest BCUT2D eigenvalue weighted by atomic mass is 19.4. The van der Waals surface area contributed by atoms with E-state index in [0.29, 0.717) is 11.4 Å². The van der Waals surface area contributed by atoms with Gasteiger partial charge in [-0.1, -0.05) is 12.1 Å². The number of carboxylic acids is 1. The summed E-state index contributed by atoms with van der Waals surface area (Å²) in [5.41, 5.74) is 1.72. The number of alkyl halides is 3. The summed E-state index contributed by atoms with van der Waals surface area (Å²) in [5, 5.41) is 15.8. The number of carbonyl (C=O) groups is 2. The Balaban J connectivity index is 1.81. The van der Waals surface area contributed by atoms with E-state index in [1.54, 1.807) is 41.2 Å². The second kappa shape index (κ2) is 6.93. The largest absolute Gasteiger partial charge is 0.481 e. The van der Waals surface area contributed by atoms with E-state index in [1.807, 2.05) is 6.92 Å². The fourth-order valence-electron chi connectivity index (χ4n) is 3.13. The van der Waals surface area contributed by atoms with E-state index < -0.39 is 43.1 Å². The predicted octanol–water partition coefficient (Wildman–Crippen LogP) is 2.91. The number of likely N-dealkylation sites (tertiary alicyclic amines) is 1. The number of amides is 2. The highest BCUT2D eigenvalue weighted by molar-refractivity contribution is 5.92. The van der Waals surface area contributed by atoms with Crippen LogP contribution >= 0.6 is 0 Å². The van der Waals surface area contributed by atoms with Gasteiger partial charge in [-0.3, -0.25) is 4.79 Å². The smallest absolute Gasteiger partial charge is 0.394 e. The molecule has 2 aromatic rings. The number of urea groups is 1. The average molecular weight is 382 g/mol. The molecular formula is C17H17F3N4O3. The van der Waals surface area contributed by atoms with Crippen molar-refractivity contribution in [2.24, 2.45) is 11.8 Å². The van der Waals surface area contributed by atoms with Gasteiger partial charge in [0.15, 0.2) is 0 Å². The van der Waals surface area contributed by atoms with E-state index in [-0.39, 0.29) is 0 Å². The normalized spacial score (nSPS) is 19.9. The minimum Gasteiger partial charge on any atom is -0.481 e. The Morgan fingerprint density at radius 1 is 1.22 bits per heavy atom. The summed E-state index contributed by atoms with van der Waals surface area (Å²) in [4.78, 5) is 24.5. The van der Waals surface area contributed by atoms with Crippen LogP contribution in [0.4, 0.5) is 23.7 Å². The zero-order valence-electron chi connectivity index (χ0n) is 14.3. The summed E-state index contributed by atoms with van der Waals surface area (Å²) in [6.45, 7) is 0.612. The standard InChI is InChI=1S/C17H17F3N4O3/c1-10-6-7-21-24(10)14-5-3-2-4-13(14)22-16(27)23-8-11(15(25)26)12(9-23)17(18,19)20/h2-7,11-12H,8-9H2,1H3,(H,22,27)(H,25,26)/t11-,12-/m1/s1. The van der Waals surface area contributed by atoms with Crippen LogP contribution in [0.5, 0.6) is 0 Å². The zero-order valence-corrected chi connectivity index (χ0v) is 14.3. The van der Waals surface area contributed by atoms with Crippen molar-refractivity contribution < 1.29 is 27.9 Å². The lowest BCUT2D eigenvalue weighted by Gasteiger charge is -2.20. The van der Waals surface area contributed by atoms with Crippen molar-refractivity contribution >= 4 is 17.7 Å². The van der Waals surface area contributed by atoms with E-state index in [1.165, 1.54) is 0 Å². The van der Waals surface area contributed by atoms with Crippen molar-refractivity contribution in [1.29, 1.82) is 0 Å². The van der Waals surface area contributed by atoms with Crippen molar-refractivity contribution in [3.05, 3.63) is 42.2 Å². The van der Waals surface area contributed by atoms with Crippen LogP contribution in [0, 0.1) is 18.8 Å². The molecule has 1 fully saturated rings. The molecule has 0 aliphatic carbocycles. The molecule has 27 heavy (non-hydrogen) atoms. The number of halogens is 3. The Labute approximate surface area is 152 Å². The van der Waals surface area contributed by atoms with Gasteiger partial charge in [-0.15, -0.1) is 0 Å². The number of carbonyl (C=O) groups excluding carboxylic acids is 1. The van der Waals surface area contributed by atoms with Crippen LogP contribution in [0.15, 0.2) is 36.5 Å². The van der Waals surface area contributed by atoms with Gasteiger partial charge >= 0.3 is 18.2 Å². The number of nitrogens with one attached hydrogen (secondary N) is 1. The van der Waals surface area contributed by atoms with Gasteiger partial charge in [0.1, 0.15) is 0 Å². The first-order chi connectivity index (χ1) is 12.7. The van der Waals surface area contributed by atoms with Crippen LogP contribution in [-0.4, -0.2) is 51.1 Å². The second-order valence-corrected chi connectivity index (χ2v) is 6.33. The lowest BCUT2D eigenvalue weighted by molar-refractivity contribution is -0.187. The molecule has 0 unspecified atom stereocenters. The van der Waals surface area contributed by atoms with Crippen molar-refractivity contribution in [3.63, 3.8) is 0 Å². The fourth-order valence-corrected chi connectivity index (χ4v) is 3.13. The van der Waals surface area contributed by atoms with E-state index in [0.717, 1.165) is 10.6 Å². The maximum Gasteiger partial charge on any atom is 0.394 e. The van der Waals surface area contributed by atoms with Gasteiger partial charge in [-0.2, -0.15) is 18.3 Å². The van der Waals surface area contributed by atoms with Gasteiger partial charge in [0.2, 0.25) is 0 Å². The summed E-state index contributed by atoms with van der Waals surface area (Å²) >= 11 is 0. The number of para-hydroxylation sites is 2. The topological polar surface area (TPSA) is 87.5 Å². The summed E-state index contributed by atoms with van der Waals surface area (Å²) in [5.74, 6) is -5.34. The van der Waals surface area contributed by atoms with Crippen LogP contribution in [0.25, 0.3) is 5.69 Å². The van der Waals surface area contributed by atoms with Crippen LogP contribution in [0.3, 0.4) is 0 Å². The zero-order chi connectivity index (χ0) is 19.8. The Hall–Kier alpha value is -3.04. The number of rotatable bonds is 3. The molecule has 2 N–H and O–H groups in total. The minimum absolute atomic E-state index is 0.358. The van der Waals surface area contributed by atoms with Crippen molar-refractivity contribution in [2.75, 3.05) is 18.4 Å². The summed E-state index contributed by atoms with van der Waals surface area (Å²) in [6.07, 6.45) is -3.11. The second-order valence-electron chi connectivity index (χ2n) is 6.33. The minimum atomic E-state index is -4.69. The van der Waals surface area contributed by atoms with Crippen LogP contribution < -0.4 is 5.32 Å². The first-order valence-corrected chi connectivity index (χ1v) is 8.14. The predicted molar refractivity (Wildman–Crippen MR) is 89.6 cm³/mol. The molecule has 2 amide bonds. The fraction of sp³-hybridized carbons (Fsp3) is 0.353. The molecule has 0 spiro atoms. The number of aromatic nitrogens is 2. The number of hydrogen-bond donors (Lipinski definition) is 2. The maximum absolute atomic E-state index is 13.1. The van der Waals surface area contributed by atoms with Crippen molar-refractivity contribution in [1.82, 2.24) is 14.7 Å². The first kappa shape index (κ1) is 18.7. The number of aryl methyl sites for hydroxylation is 1. The first-order valence-electron chi connectivity index (χ1n) is 8.14. The van der Waals surface area contributed by atoms with Crippen LogP contribution in [0.1, 0.15) is 5.69 Å². The Bertz CT molecular complexity index is 865. The number of benzene rings is 1.